The van der Waals surface area contributed by atoms with Crippen molar-refractivity contribution in [3.8, 4) is 11.5 Å². The lowest BCUT2D eigenvalue weighted by Crippen LogP contribution is -2.19. The number of hydrogen-bond donors (Lipinski definition) is 0. The molecule has 1 rings (SSSR count). The SMILES string of the molecule is CCOc1cc(C=O)cc(Cl)c1OCCN(C)C. The number of rotatable bonds is 7. The summed E-state index contributed by atoms with van der Waals surface area (Å²) in [5.74, 6) is 0.997. The maximum atomic E-state index is 10.8. The molecule has 0 atom stereocenters. The molecule has 0 aliphatic rings. The van der Waals surface area contributed by atoms with Crippen LogP contribution in [0.3, 0.4) is 0 Å². The molecule has 0 amide bonds. The molecule has 0 saturated carbocycles. The van der Waals surface area contributed by atoms with Crippen molar-refractivity contribution in [1.82, 2.24) is 4.90 Å². The van der Waals surface area contributed by atoms with Gasteiger partial charge in [-0.3, -0.25) is 4.79 Å². The molecule has 0 heterocycles. The summed E-state index contributed by atoms with van der Waals surface area (Å²) in [7, 11) is 3.92. The standard InChI is InChI=1S/C13H18ClNO3/c1-4-17-12-8-10(9-16)7-11(14)13(12)18-6-5-15(2)3/h7-9H,4-6H2,1-3H3. The average Bonchev–Trinajstić information content (AvgIpc) is 2.32. The monoisotopic (exact) mass is 271 g/mol. The van der Waals surface area contributed by atoms with E-state index in [1.807, 2.05) is 25.9 Å². The number of carbonyl (C=O) groups excluding carboxylic acids is 1. The predicted molar refractivity (Wildman–Crippen MR) is 72.1 cm³/mol. The number of nitrogens with zero attached hydrogens (tertiary/aromatic N) is 1. The van der Waals surface area contributed by atoms with E-state index >= 15 is 0 Å². The number of aldehydes is 1. The van der Waals surface area contributed by atoms with Crippen LogP contribution in [0.4, 0.5) is 0 Å². The average molecular weight is 272 g/mol. The number of hydrogen-bond acceptors (Lipinski definition) is 4. The summed E-state index contributed by atoms with van der Waals surface area (Å²) in [5.41, 5.74) is 0.475. The number of likely N-dealkylation sites (N-methyl/N-ethyl adjacent to an activating group) is 1. The minimum atomic E-state index is 0.391. The molecule has 0 aliphatic heterocycles. The molecule has 0 aliphatic carbocycles. The second kappa shape index (κ2) is 7.24. The molecule has 0 fully saturated rings. The first-order valence-corrected chi connectivity index (χ1v) is 6.15. The molecular formula is C13H18ClNO3. The van der Waals surface area contributed by atoms with E-state index < -0.39 is 0 Å². The van der Waals surface area contributed by atoms with Crippen LogP contribution in [-0.4, -0.2) is 45.0 Å². The van der Waals surface area contributed by atoms with Gasteiger partial charge in [-0.05, 0) is 33.2 Å². The second-order valence-electron chi connectivity index (χ2n) is 4.03. The van der Waals surface area contributed by atoms with Crippen LogP contribution in [0.25, 0.3) is 0 Å². The summed E-state index contributed by atoms with van der Waals surface area (Å²) < 4.78 is 11.1. The van der Waals surface area contributed by atoms with Gasteiger partial charge in [0.05, 0.1) is 11.6 Å². The normalized spacial score (nSPS) is 10.5. The maximum absolute atomic E-state index is 10.8. The summed E-state index contributed by atoms with van der Waals surface area (Å²) >= 11 is 6.09. The van der Waals surface area contributed by atoms with E-state index in [4.69, 9.17) is 21.1 Å². The molecule has 0 N–H and O–H groups in total. The highest BCUT2D eigenvalue weighted by Gasteiger charge is 2.12. The predicted octanol–water partition coefficient (Wildman–Crippen LogP) is 2.49. The van der Waals surface area contributed by atoms with Gasteiger partial charge < -0.3 is 14.4 Å². The highest BCUT2D eigenvalue weighted by atomic mass is 35.5. The van der Waals surface area contributed by atoms with Gasteiger partial charge in [0.25, 0.3) is 0 Å². The van der Waals surface area contributed by atoms with Crippen LogP contribution >= 0.6 is 11.6 Å². The maximum Gasteiger partial charge on any atom is 0.179 e. The van der Waals surface area contributed by atoms with Crippen LogP contribution in [0.2, 0.25) is 5.02 Å². The Balaban J connectivity index is 2.89. The van der Waals surface area contributed by atoms with E-state index in [0.717, 1.165) is 12.8 Å². The number of halogens is 1. The van der Waals surface area contributed by atoms with E-state index in [1.54, 1.807) is 12.1 Å². The highest BCUT2D eigenvalue weighted by Crippen LogP contribution is 2.36. The van der Waals surface area contributed by atoms with Crippen molar-refractivity contribution < 1.29 is 14.3 Å². The fourth-order valence-corrected chi connectivity index (χ4v) is 1.66. The highest BCUT2D eigenvalue weighted by molar-refractivity contribution is 6.32. The molecular weight excluding hydrogens is 254 g/mol. The van der Waals surface area contributed by atoms with E-state index in [1.165, 1.54) is 0 Å². The summed E-state index contributed by atoms with van der Waals surface area (Å²) in [6.45, 7) is 3.64. The molecule has 0 bridgehead atoms. The zero-order valence-electron chi connectivity index (χ0n) is 10.9. The third-order valence-corrected chi connectivity index (χ3v) is 2.53. The third-order valence-electron chi connectivity index (χ3n) is 2.25. The van der Waals surface area contributed by atoms with Crippen molar-refractivity contribution in [2.45, 2.75) is 6.92 Å². The van der Waals surface area contributed by atoms with Crippen LogP contribution in [0.5, 0.6) is 11.5 Å². The van der Waals surface area contributed by atoms with Gasteiger partial charge in [-0.15, -0.1) is 0 Å². The molecule has 0 radical (unpaired) electrons. The fourth-order valence-electron chi connectivity index (χ4n) is 1.39. The van der Waals surface area contributed by atoms with Crippen LogP contribution in [-0.2, 0) is 0 Å². The van der Waals surface area contributed by atoms with Crippen LogP contribution in [0.15, 0.2) is 12.1 Å². The zero-order chi connectivity index (χ0) is 13.5. The lowest BCUT2D eigenvalue weighted by molar-refractivity contribution is 0.112. The second-order valence-corrected chi connectivity index (χ2v) is 4.44. The van der Waals surface area contributed by atoms with Crippen molar-refractivity contribution in [3.05, 3.63) is 22.7 Å². The summed E-state index contributed by atoms with van der Waals surface area (Å²) in [4.78, 5) is 12.8. The van der Waals surface area contributed by atoms with Crippen molar-refractivity contribution in [2.24, 2.45) is 0 Å². The molecule has 100 valence electrons. The molecule has 4 nitrogen and oxygen atoms in total. The van der Waals surface area contributed by atoms with Crippen molar-refractivity contribution in [2.75, 3.05) is 33.9 Å². The fraction of sp³-hybridized carbons (Fsp3) is 0.462. The van der Waals surface area contributed by atoms with Gasteiger partial charge in [-0.2, -0.15) is 0 Å². The number of carbonyl (C=O) groups is 1. The Morgan fingerprint density at radius 1 is 1.33 bits per heavy atom. The lowest BCUT2D eigenvalue weighted by atomic mass is 10.2. The Labute approximate surface area is 112 Å². The van der Waals surface area contributed by atoms with Gasteiger partial charge in [0.15, 0.2) is 11.5 Å². The van der Waals surface area contributed by atoms with Crippen LogP contribution in [0, 0.1) is 0 Å². The molecule has 0 spiro atoms. The first kappa shape index (κ1) is 14.8. The van der Waals surface area contributed by atoms with Gasteiger partial charge in [0, 0.05) is 12.1 Å². The topological polar surface area (TPSA) is 38.8 Å². The molecule has 18 heavy (non-hydrogen) atoms. The Morgan fingerprint density at radius 3 is 2.61 bits per heavy atom. The van der Waals surface area contributed by atoms with Crippen LogP contribution in [0.1, 0.15) is 17.3 Å². The smallest absolute Gasteiger partial charge is 0.179 e. The first-order valence-electron chi connectivity index (χ1n) is 5.77. The van der Waals surface area contributed by atoms with E-state index in [2.05, 4.69) is 0 Å². The molecule has 1 aromatic rings. The van der Waals surface area contributed by atoms with Gasteiger partial charge in [0.2, 0.25) is 0 Å². The van der Waals surface area contributed by atoms with Gasteiger partial charge >= 0.3 is 0 Å². The van der Waals surface area contributed by atoms with E-state index in [0.29, 0.717) is 35.3 Å². The van der Waals surface area contributed by atoms with Gasteiger partial charge in [-0.1, -0.05) is 11.6 Å². The summed E-state index contributed by atoms with van der Waals surface area (Å²) in [6, 6.07) is 3.20. The quantitative estimate of drug-likeness (QED) is 0.714. The molecule has 0 saturated heterocycles. The molecule has 5 heteroatoms. The molecule has 0 unspecified atom stereocenters. The Hall–Kier alpha value is -1.26. The minimum Gasteiger partial charge on any atom is -0.490 e. The summed E-state index contributed by atoms with van der Waals surface area (Å²) in [5, 5.41) is 0.391. The Kier molecular flexibility index (Phi) is 5.95. The van der Waals surface area contributed by atoms with E-state index in [-0.39, 0.29) is 0 Å². The van der Waals surface area contributed by atoms with Gasteiger partial charge in [-0.25, -0.2) is 0 Å². The largest absolute Gasteiger partial charge is 0.490 e. The molecule has 1 aromatic carbocycles. The van der Waals surface area contributed by atoms with Crippen molar-refractivity contribution >= 4 is 17.9 Å². The zero-order valence-corrected chi connectivity index (χ0v) is 11.7. The third kappa shape index (κ3) is 4.20. The summed E-state index contributed by atoms with van der Waals surface area (Å²) in [6.07, 6.45) is 0.734. The first-order chi connectivity index (χ1) is 8.58. The Morgan fingerprint density at radius 2 is 2.06 bits per heavy atom. The van der Waals surface area contributed by atoms with Crippen molar-refractivity contribution in [1.29, 1.82) is 0 Å². The molecule has 0 aromatic heterocycles. The van der Waals surface area contributed by atoms with Crippen molar-refractivity contribution in [3.63, 3.8) is 0 Å². The van der Waals surface area contributed by atoms with Crippen LogP contribution < -0.4 is 9.47 Å². The number of benzene rings is 1. The van der Waals surface area contributed by atoms with E-state index in [9.17, 15) is 4.79 Å². The number of ether oxygens (including phenoxy) is 2. The van der Waals surface area contributed by atoms with Gasteiger partial charge in [0.1, 0.15) is 12.9 Å². The lowest BCUT2D eigenvalue weighted by Gasteiger charge is -2.15. The Bertz CT molecular complexity index is 407. The minimum absolute atomic E-state index is 0.391.